The Hall–Kier alpha value is -1.60. The van der Waals surface area contributed by atoms with Gasteiger partial charge < -0.3 is 18.9 Å². The van der Waals surface area contributed by atoms with Gasteiger partial charge in [-0.15, -0.1) is 0 Å². The van der Waals surface area contributed by atoms with Crippen molar-refractivity contribution in [3.8, 4) is 11.4 Å². The average Bonchev–Trinajstić information content (AvgIpc) is 2.70. The molecule has 1 aromatic heterocycles. The van der Waals surface area contributed by atoms with Crippen molar-refractivity contribution in [3.05, 3.63) is 46.2 Å². The number of nitrogens with zero attached hydrogens (tertiary/aromatic N) is 2. The number of hydrogen-bond acceptors (Lipinski definition) is 4. The predicted molar refractivity (Wildman–Crippen MR) is 112 cm³/mol. The van der Waals surface area contributed by atoms with Gasteiger partial charge in [0.2, 0.25) is 0 Å². The van der Waals surface area contributed by atoms with Gasteiger partial charge in [0.25, 0.3) is 0 Å². The molecule has 1 fully saturated rings. The molecular weight excluding hydrogens is 370 g/mol. The zero-order valence-corrected chi connectivity index (χ0v) is 17.7. The van der Waals surface area contributed by atoms with Crippen LogP contribution in [0.25, 0.3) is 11.4 Å². The highest BCUT2D eigenvalue weighted by Gasteiger charge is 2.30. The van der Waals surface area contributed by atoms with Gasteiger partial charge in [0, 0.05) is 36.2 Å². The molecule has 0 aliphatic carbocycles. The summed E-state index contributed by atoms with van der Waals surface area (Å²) in [6, 6.07) is 10.4. The fourth-order valence-electron chi connectivity index (χ4n) is 4.15. The molecule has 3 heterocycles. The summed E-state index contributed by atoms with van der Waals surface area (Å²) in [5, 5.41) is 0. The molecule has 4 rings (SSSR count). The summed E-state index contributed by atoms with van der Waals surface area (Å²) in [4.78, 5) is 6.48. The van der Waals surface area contributed by atoms with E-state index < -0.39 is 0 Å². The molecule has 0 radical (unpaired) electrons. The molecule has 1 saturated heterocycles. The van der Waals surface area contributed by atoms with E-state index in [9.17, 15) is 0 Å². The van der Waals surface area contributed by atoms with E-state index in [1.807, 2.05) is 6.07 Å². The largest absolute Gasteiger partial charge is 0.370 e. The van der Waals surface area contributed by atoms with E-state index in [0.29, 0.717) is 11.2 Å². The number of rotatable bonds is 5. The summed E-state index contributed by atoms with van der Waals surface area (Å²) in [5.74, 6) is 0.985. The Morgan fingerprint density at radius 3 is 2.68 bits per heavy atom. The lowest BCUT2D eigenvalue weighted by atomic mass is 9.95. The molecule has 2 aliphatic rings. The van der Waals surface area contributed by atoms with E-state index in [1.54, 1.807) is 4.90 Å². The first-order valence-electron chi connectivity index (χ1n) is 10.3. The van der Waals surface area contributed by atoms with E-state index in [1.165, 1.54) is 5.69 Å². The van der Waals surface area contributed by atoms with E-state index in [4.69, 9.17) is 26.7 Å². The molecule has 2 aliphatic heterocycles. The number of fused-ring (bicyclic) bond motifs is 1. The third-order valence-corrected chi connectivity index (χ3v) is 6.08. The first-order chi connectivity index (χ1) is 13.5. The third-order valence-electron chi connectivity index (χ3n) is 5.74. The second-order valence-electron chi connectivity index (χ2n) is 8.37. The standard InChI is InChI=1S/C22H29N3O2S/c1-22(2)15-19-18(16-27-22)21(28)23-20(17-7-4-3-5-8-17)25(19)10-6-9-24-11-13-26-14-12-24/h3-5,7-8H,6,9-16H2,1-2H3/p+1. The lowest BCUT2D eigenvalue weighted by molar-refractivity contribution is -0.908. The zero-order chi connectivity index (χ0) is 19.6. The number of morpholine rings is 1. The number of quaternary nitrogens is 1. The number of nitrogens with one attached hydrogen (secondary N) is 1. The van der Waals surface area contributed by atoms with Crippen LogP contribution in [-0.2, 0) is 29.0 Å². The number of hydrogen-bond donors (Lipinski definition) is 1. The van der Waals surface area contributed by atoms with Gasteiger partial charge in [-0.05, 0) is 13.8 Å². The summed E-state index contributed by atoms with van der Waals surface area (Å²) < 4.78 is 14.6. The number of benzene rings is 1. The molecule has 1 N–H and O–H groups in total. The van der Waals surface area contributed by atoms with Gasteiger partial charge in [-0.25, -0.2) is 4.98 Å². The van der Waals surface area contributed by atoms with Crippen LogP contribution in [0.3, 0.4) is 0 Å². The van der Waals surface area contributed by atoms with Crippen LogP contribution < -0.4 is 4.90 Å². The smallest absolute Gasteiger partial charge is 0.141 e. The Labute approximate surface area is 172 Å². The Morgan fingerprint density at radius 2 is 1.93 bits per heavy atom. The van der Waals surface area contributed by atoms with Crippen molar-refractivity contribution in [3.63, 3.8) is 0 Å². The summed E-state index contributed by atoms with van der Waals surface area (Å²) in [6.07, 6.45) is 1.98. The normalized spacial score (nSPS) is 19.4. The topological polar surface area (TPSA) is 40.7 Å². The number of ether oxygens (including phenoxy) is 2. The van der Waals surface area contributed by atoms with Gasteiger partial charge in [0.05, 0.1) is 32.0 Å². The molecule has 28 heavy (non-hydrogen) atoms. The number of aromatic nitrogens is 2. The molecule has 0 saturated carbocycles. The second kappa shape index (κ2) is 8.41. The Kier molecular flexibility index (Phi) is 5.92. The van der Waals surface area contributed by atoms with Crippen molar-refractivity contribution in [1.82, 2.24) is 9.55 Å². The highest BCUT2D eigenvalue weighted by Crippen LogP contribution is 2.31. The lowest BCUT2D eigenvalue weighted by Crippen LogP contribution is -3.14. The SMILES string of the molecule is CC1(C)Cc2c(c(=S)nc(-c3ccccc3)n2CCC[NH+]2CCOCC2)CO1. The van der Waals surface area contributed by atoms with Crippen molar-refractivity contribution < 1.29 is 14.4 Å². The Bertz CT molecular complexity index is 873. The van der Waals surface area contributed by atoms with Crippen molar-refractivity contribution in [2.24, 2.45) is 0 Å². The highest BCUT2D eigenvalue weighted by molar-refractivity contribution is 7.71. The Balaban J connectivity index is 1.67. The second-order valence-corrected chi connectivity index (χ2v) is 8.76. The molecule has 2 aromatic rings. The van der Waals surface area contributed by atoms with E-state index in [0.717, 1.165) is 69.2 Å². The molecule has 0 atom stereocenters. The zero-order valence-electron chi connectivity index (χ0n) is 16.9. The van der Waals surface area contributed by atoms with Crippen LogP contribution in [0.2, 0.25) is 0 Å². The van der Waals surface area contributed by atoms with Crippen LogP contribution in [-0.4, -0.2) is 48.0 Å². The Morgan fingerprint density at radius 1 is 1.18 bits per heavy atom. The fraction of sp³-hybridized carbons (Fsp3) is 0.545. The highest BCUT2D eigenvalue weighted by atomic mass is 32.1. The predicted octanol–water partition coefficient (Wildman–Crippen LogP) is 2.44. The van der Waals surface area contributed by atoms with E-state index in [2.05, 4.69) is 42.7 Å². The first kappa shape index (κ1) is 19.7. The molecule has 1 aromatic carbocycles. The molecule has 0 amide bonds. The van der Waals surface area contributed by atoms with Gasteiger partial charge in [-0.1, -0.05) is 42.5 Å². The molecule has 150 valence electrons. The van der Waals surface area contributed by atoms with Crippen LogP contribution in [0.4, 0.5) is 0 Å². The molecule has 0 bridgehead atoms. The van der Waals surface area contributed by atoms with Crippen molar-refractivity contribution >= 4 is 12.2 Å². The fourth-order valence-corrected chi connectivity index (χ4v) is 4.42. The maximum Gasteiger partial charge on any atom is 0.141 e. The molecule has 0 unspecified atom stereocenters. The van der Waals surface area contributed by atoms with Crippen molar-refractivity contribution in [2.45, 2.75) is 45.4 Å². The monoisotopic (exact) mass is 400 g/mol. The molecule has 5 nitrogen and oxygen atoms in total. The quantitative estimate of drug-likeness (QED) is 0.783. The minimum absolute atomic E-state index is 0.179. The van der Waals surface area contributed by atoms with Gasteiger partial charge >= 0.3 is 0 Å². The van der Waals surface area contributed by atoms with Crippen LogP contribution in [0, 0.1) is 4.64 Å². The minimum Gasteiger partial charge on any atom is -0.370 e. The van der Waals surface area contributed by atoms with Crippen LogP contribution >= 0.6 is 12.2 Å². The summed E-state index contributed by atoms with van der Waals surface area (Å²) in [5.41, 5.74) is 3.33. The summed E-state index contributed by atoms with van der Waals surface area (Å²) >= 11 is 5.65. The van der Waals surface area contributed by atoms with Crippen LogP contribution in [0.1, 0.15) is 31.5 Å². The lowest BCUT2D eigenvalue weighted by Gasteiger charge is -2.34. The van der Waals surface area contributed by atoms with E-state index >= 15 is 0 Å². The maximum absolute atomic E-state index is 6.03. The van der Waals surface area contributed by atoms with Gasteiger partial charge in [-0.3, -0.25) is 0 Å². The van der Waals surface area contributed by atoms with Crippen LogP contribution in [0.15, 0.2) is 30.3 Å². The summed E-state index contributed by atoms with van der Waals surface area (Å²) in [6.45, 7) is 11.0. The van der Waals surface area contributed by atoms with Gasteiger partial charge in [-0.2, -0.15) is 0 Å². The van der Waals surface area contributed by atoms with Gasteiger partial charge in [0.1, 0.15) is 23.6 Å². The summed E-state index contributed by atoms with van der Waals surface area (Å²) in [7, 11) is 0. The minimum atomic E-state index is -0.179. The molecule has 6 heteroatoms. The van der Waals surface area contributed by atoms with E-state index in [-0.39, 0.29) is 5.60 Å². The maximum atomic E-state index is 6.03. The third kappa shape index (κ3) is 4.35. The molecular formula is C22H30N3O2S+. The van der Waals surface area contributed by atoms with Crippen molar-refractivity contribution in [2.75, 3.05) is 32.8 Å². The van der Waals surface area contributed by atoms with Crippen molar-refractivity contribution in [1.29, 1.82) is 0 Å². The first-order valence-corrected chi connectivity index (χ1v) is 10.7. The van der Waals surface area contributed by atoms with Crippen LogP contribution in [0.5, 0.6) is 0 Å². The van der Waals surface area contributed by atoms with Gasteiger partial charge in [0.15, 0.2) is 0 Å². The average molecular weight is 401 g/mol. The molecule has 0 spiro atoms.